The maximum atomic E-state index is 10.6. The number of hydrogen-bond donors (Lipinski definition) is 1. The van der Waals surface area contributed by atoms with Crippen LogP contribution < -0.4 is 4.90 Å². The first-order chi connectivity index (χ1) is 10.8. The van der Waals surface area contributed by atoms with E-state index in [0.29, 0.717) is 5.92 Å². The van der Waals surface area contributed by atoms with E-state index in [9.17, 15) is 5.11 Å². The number of anilines is 1. The molecule has 0 bridgehead atoms. The topological polar surface area (TPSA) is 39.6 Å². The van der Waals surface area contributed by atoms with E-state index < -0.39 is 5.60 Å². The van der Waals surface area contributed by atoms with E-state index >= 15 is 0 Å². The third kappa shape index (κ3) is 4.67. The first-order valence-electron chi connectivity index (χ1n) is 8.96. The van der Waals surface area contributed by atoms with E-state index in [2.05, 4.69) is 56.8 Å². The molecule has 1 fully saturated rings. The zero-order valence-corrected chi connectivity index (χ0v) is 15.5. The van der Waals surface area contributed by atoms with Crippen molar-refractivity contribution in [1.82, 2.24) is 9.88 Å². The van der Waals surface area contributed by atoms with E-state index in [-0.39, 0.29) is 0 Å². The van der Waals surface area contributed by atoms with Gasteiger partial charge in [0, 0.05) is 25.3 Å². The van der Waals surface area contributed by atoms with E-state index in [0.717, 1.165) is 56.7 Å². The number of aliphatic hydroxyl groups is 1. The van der Waals surface area contributed by atoms with Gasteiger partial charge >= 0.3 is 0 Å². The average Bonchev–Trinajstić information content (AvgIpc) is 2.47. The molecule has 1 aliphatic heterocycles. The predicted octanol–water partition coefficient (Wildman–Crippen LogP) is 3.40. The highest BCUT2D eigenvalue weighted by Gasteiger charge is 2.32. The molecule has 1 aliphatic rings. The molecular formula is C19H33N3O. The lowest BCUT2D eigenvalue weighted by atomic mass is 9.87. The molecule has 2 rings (SSSR count). The smallest absolute Gasteiger partial charge is 0.0780 e. The molecule has 130 valence electrons. The maximum Gasteiger partial charge on any atom is 0.0780 e. The average molecular weight is 319 g/mol. The number of pyridine rings is 1. The quantitative estimate of drug-likeness (QED) is 0.872. The van der Waals surface area contributed by atoms with Crippen molar-refractivity contribution >= 4 is 5.69 Å². The normalized spacial score (nSPS) is 18.0. The summed E-state index contributed by atoms with van der Waals surface area (Å²) in [4.78, 5) is 9.49. The van der Waals surface area contributed by atoms with Gasteiger partial charge in [-0.05, 0) is 51.4 Å². The molecule has 0 saturated carbocycles. The molecule has 0 amide bonds. The number of rotatable bonds is 6. The monoisotopic (exact) mass is 319 g/mol. The molecule has 23 heavy (non-hydrogen) atoms. The summed E-state index contributed by atoms with van der Waals surface area (Å²) in [5.74, 6) is 0.445. The molecule has 4 nitrogen and oxygen atoms in total. The molecule has 0 radical (unpaired) electrons. The van der Waals surface area contributed by atoms with Crippen LogP contribution in [0.2, 0.25) is 0 Å². The number of hydrogen-bond acceptors (Lipinski definition) is 4. The van der Waals surface area contributed by atoms with Gasteiger partial charge in [-0.2, -0.15) is 0 Å². The zero-order valence-electron chi connectivity index (χ0n) is 15.5. The standard InChI is InChI=1S/C19H33N3O/c1-6-9-19(23)10-12-22(13-11-19)18-8-7-16(15(2)3)20-17(18)14-21(4)5/h7-8,15,23H,6,9-14H2,1-5H3. The summed E-state index contributed by atoms with van der Waals surface area (Å²) in [6.07, 6.45) is 3.67. The van der Waals surface area contributed by atoms with Gasteiger partial charge in [-0.25, -0.2) is 0 Å². The van der Waals surface area contributed by atoms with E-state index in [1.54, 1.807) is 0 Å². The van der Waals surface area contributed by atoms with Crippen molar-refractivity contribution in [2.75, 3.05) is 32.1 Å². The first kappa shape index (κ1) is 18.2. The van der Waals surface area contributed by atoms with Gasteiger partial charge in [-0.3, -0.25) is 4.98 Å². The summed E-state index contributed by atoms with van der Waals surface area (Å²) < 4.78 is 0. The molecule has 0 atom stereocenters. The summed E-state index contributed by atoms with van der Waals surface area (Å²) in [6.45, 7) is 9.21. The molecule has 2 heterocycles. The van der Waals surface area contributed by atoms with Crippen molar-refractivity contribution in [2.45, 2.75) is 64.5 Å². The lowest BCUT2D eigenvalue weighted by molar-refractivity contribution is 0.00735. The van der Waals surface area contributed by atoms with Crippen molar-refractivity contribution in [1.29, 1.82) is 0 Å². The largest absolute Gasteiger partial charge is 0.390 e. The van der Waals surface area contributed by atoms with Gasteiger partial charge in [0.25, 0.3) is 0 Å². The summed E-state index contributed by atoms with van der Waals surface area (Å²) in [5.41, 5.74) is 3.09. The fourth-order valence-corrected chi connectivity index (χ4v) is 3.42. The fourth-order valence-electron chi connectivity index (χ4n) is 3.42. The van der Waals surface area contributed by atoms with Gasteiger partial charge in [-0.15, -0.1) is 0 Å². The lowest BCUT2D eigenvalue weighted by Crippen LogP contribution is -2.44. The number of piperidine rings is 1. The first-order valence-corrected chi connectivity index (χ1v) is 8.96. The van der Waals surface area contributed by atoms with Crippen molar-refractivity contribution in [2.24, 2.45) is 0 Å². The second-order valence-electron chi connectivity index (χ2n) is 7.56. The minimum atomic E-state index is -0.460. The molecular weight excluding hydrogens is 286 g/mol. The molecule has 0 spiro atoms. The van der Waals surface area contributed by atoms with Gasteiger partial charge < -0.3 is 14.9 Å². The van der Waals surface area contributed by atoms with Crippen molar-refractivity contribution < 1.29 is 5.11 Å². The molecule has 1 aromatic heterocycles. The number of nitrogens with zero attached hydrogens (tertiary/aromatic N) is 3. The van der Waals surface area contributed by atoms with Gasteiger partial charge in [-0.1, -0.05) is 27.2 Å². The van der Waals surface area contributed by atoms with Crippen LogP contribution in [0.4, 0.5) is 5.69 Å². The molecule has 0 unspecified atom stereocenters. The lowest BCUT2D eigenvalue weighted by Gasteiger charge is -2.40. The molecule has 0 aliphatic carbocycles. The van der Waals surface area contributed by atoms with Crippen LogP contribution in [0.1, 0.15) is 63.8 Å². The van der Waals surface area contributed by atoms with E-state index in [1.165, 1.54) is 5.69 Å². The summed E-state index contributed by atoms with van der Waals surface area (Å²) in [6, 6.07) is 4.39. The van der Waals surface area contributed by atoms with E-state index in [4.69, 9.17) is 4.98 Å². The molecule has 1 saturated heterocycles. The Hall–Kier alpha value is -1.13. The summed E-state index contributed by atoms with van der Waals surface area (Å²) >= 11 is 0. The summed E-state index contributed by atoms with van der Waals surface area (Å²) in [7, 11) is 4.17. The molecule has 0 aromatic carbocycles. The zero-order chi connectivity index (χ0) is 17.0. The Morgan fingerprint density at radius 3 is 2.43 bits per heavy atom. The van der Waals surface area contributed by atoms with Crippen molar-refractivity contribution in [3.05, 3.63) is 23.5 Å². The van der Waals surface area contributed by atoms with Gasteiger partial charge in [0.05, 0.1) is 17.0 Å². The third-order valence-corrected chi connectivity index (χ3v) is 4.78. The maximum absolute atomic E-state index is 10.6. The Bertz CT molecular complexity index is 505. The highest BCUT2D eigenvalue weighted by Crippen LogP contribution is 2.31. The summed E-state index contributed by atoms with van der Waals surface area (Å²) in [5, 5.41) is 10.6. The third-order valence-electron chi connectivity index (χ3n) is 4.78. The van der Waals surface area contributed by atoms with Crippen LogP contribution in [-0.4, -0.2) is 47.8 Å². The van der Waals surface area contributed by atoms with Crippen LogP contribution in [0, 0.1) is 0 Å². The molecule has 1 N–H and O–H groups in total. The second kappa shape index (κ2) is 7.63. The van der Waals surface area contributed by atoms with Gasteiger partial charge in [0.2, 0.25) is 0 Å². The van der Waals surface area contributed by atoms with E-state index in [1.807, 2.05) is 0 Å². The van der Waals surface area contributed by atoms with Crippen LogP contribution in [0.15, 0.2) is 12.1 Å². The van der Waals surface area contributed by atoms with Crippen LogP contribution in [-0.2, 0) is 6.54 Å². The molecule has 4 heteroatoms. The van der Waals surface area contributed by atoms with Crippen LogP contribution in [0.25, 0.3) is 0 Å². The van der Waals surface area contributed by atoms with Gasteiger partial charge in [0.15, 0.2) is 0 Å². The Morgan fingerprint density at radius 1 is 1.26 bits per heavy atom. The van der Waals surface area contributed by atoms with Gasteiger partial charge in [0.1, 0.15) is 0 Å². The van der Waals surface area contributed by atoms with Crippen LogP contribution >= 0.6 is 0 Å². The number of aromatic nitrogens is 1. The Kier molecular flexibility index (Phi) is 6.04. The Labute approximate surface area is 141 Å². The minimum absolute atomic E-state index is 0.445. The minimum Gasteiger partial charge on any atom is -0.390 e. The SMILES string of the molecule is CCCC1(O)CCN(c2ccc(C(C)C)nc2CN(C)C)CC1. The van der Waals surface area contributed by atoms with Crippen molar-refractivity contribution in [3.8, 4) is 0 Å². The van der Waals surface area contributed by atoms with Crippen molar-refractivity contribution in [3.63, 3.8) is 0 Å². The Balaban J connectivity index is 2.19. The van der Waals surface area contributed by atoms with Crippen LogP contribution in [0.3, 0.4) is 0 Å². The van der Waals surface area contributed by atoms with Crippen LogP contribution in [0.5, 0.6) is 0 Å². The highest BCUT2D eigenvalue weighted by atomic mass is 16.3. The fraction of sp³-hybridized carbons (Fsp3) is 0.737. The second-order valence-corrected chi connectivity index (χ2v) is 7.56. The molecule has 1 aromatic rings. The Morgan fingerprint density at radius 2 is 1.91 bits per heavy atom. The highest BCUT2D eigenvalue weighted by molar-refractivity contribution is 5.52. The predicted molar refractivity (Wildman–Crippen MR) is 97.0 cm³/mol.